The zero-order valence-corrected chi connectivity index (χ0v) is 16.1. The SMILES string of the molecule is CC(=O)c1ccc2c(c1)N(CCC(=O)N(C)CCc1ccncc1)C(=O)CO2. The number of ether oxygens (including phenoxy) is 1. The topological polar surface area (TPSA) is 79.8 Å². The molecule has 0 bridgehead atoms. The Kier molecular flexibility index (Phi) is 6.03. The van der Waals surface area contributed by atoms with Crippen LogP contribution in [-0.2, 0) is 16.0 Å². The van der Waals surface area contributed by atoms with Gasteiger partial charge in [0.25, 0.3) is 5.91 Å². The van der Waals surface area contributed by atoms with E-state index in [-0.39, 0.29) is 37.2 Å². The Morgan fingerprint density at radius 2 is 1.96 bits per heavy atom. The molecular formula is C21H23N3O4. The van der Waals surface area contributed by atoms with E-state index >= 15 is 0 Å². The third-order valence-electron chi connectivity index (χ3n) is 4.77. The molecule has 146 valence electrons. The van der Waals surface area contributed by atoms with E-state index in [1.165, 1.54) is 11.8 Å². The summed E-state index contributed by atoms with van der Waals surface area (Å²) in [4.78, 5) is 43.6. The van der Waals surface area contributed by atoms with Crippen molar-refractivity contribution in [1.82, 2.24) is 9.88 Å². The first-order valence-corrected chi connectivity index (χ1v) is 9.16. The molecule has 1 aliphatic heterocycles. The third-order valence-corrected chi connectivity index (χ3v) is 4.77. The van der Waals surface area contributed by atoms with Crippen molar-refractivity contribution < 1.29 is 19.1 Å². The Bertz CT molecular complexity index is 882. The Morgan fingerprint density at radius 1 is 1.21 bits per heavy atom. The molecule has 1 aliphatic rings. The van der Waals surface area contributed by atoms with Crippen LogP contribution in [0.4, 0.5) is 5.69 Å². The van der Waals surface area contributed by atoms with Crippen LogP contribution in [0.5, 0.6) is 5.75 Å². The number of amides is 2. The lowest BCUT2D eigenvalue weighted by Gasteiger charge is -2.30. The number of benzene rings is 1. The fourth-order valence-electron chi connectivity index (χ4n) is 3.04. The molecule has 0 radical (unpaired) electrons. The molecule has 0 saturated carbocycles. The summed E-state index contributed by atoms with van der Waals surface area (Å²) in [5.41, 5.74) is 2.16. The molecule has 1 aromatic heterocycles. The number of hydrogen-bond acceptors (Lipinski definition) is 5. The van der Waals surface area contributed by atoms with Crippen molar-refractivity contribution in [2.45, 2.75) is 19.8 Å². The molecule has 1 aromatic carbocycles. The Hall–Kier alpha value is -3.22. The number of anilines is 1. The number of ketones is 1. The minimum atomic E-state index is -0.222. The minimum absolute atomic E-state index is 0.0439. The second-order valence-corrected chi connectivity index (χ2v) is 6.74. The van der Waals surface area contributed by atoms with Crippen molar-refractivity contribution >= 4 is 23.3 Å². The van der Waals surface area contributed by atoms with E-state index in [1.807, 2.05) is 12.1 Å². The van der Waals surface area contributed by atoms with Gasteiger partial charge in [-0.05, 0) is 49.2 Å². The second-order valence-electron chi connectivity index (χ2n) is 6.74. The maximum Gasteiger partial charge on any atom is 0.265 e. The number of carbonyl (C=O) groups excluding carboxylic acids is 3. The van der Waals surface area contributed by atoms with Gasteiger partial charge in [0.1, 0.15) is 5.75 Å². The van der Waals surface area contributed by atoms with Gasteiger partial charge < -0.3 is 14.5 Å². The summed E-state index contributed by atoms with van der Waals surface area (Å²) in [6.45, 7) is 2.23. The average molecular weight is 381 g/mol. The van der Waals surface area contributed by atoms with Crippen LogP contribution in [-0.4, -0.2) is 54.2 Å². The summed E-state index contributed by atoms with van der Waals surface area (Å²) in [5, 5.41) is 0. The standard InChI is InChI=1S/C21H23N3O4/c1-15(25)17-3-4-19-18(13-17)24(21(27)14-28-19)12-8-20(26)23(2)11-7-16-5-9-22-10-6-16/h3-6,9-10,13H,7-8,11-12,14H2,1-2H3. The molecule has 0 spiro atoms. The second kappa shape index (κ2) is 8.65. The van der Waals surface area contributed by atoms with E-state index in [0.717, 1.165) is 12.0 Å². The number of nitrogens with zero attached hydrogens (tertiary/aromatic N) is 3. The van der Waals surface area contributed by atoms with Gasteiger partial charge in [0.15, 0.2) is 12.4 Å². The van der Waals surface area contributed by atoms with Gasteiger partial charge in [-0.25, -0.2) is 0 Å². The molecule has 0 atom stereocenters. The van der Waals surface area contributed by atoms with Crippen LogP contribution in [0.2, 0.25) is 0 Å². The van der Waals surface area contributed by atoms with Gasteiger partial charge >= 0.3 is 0 Å². The van der Waals surface area contributed by atoms with Crippen molar-refractivity contribution in [1.29, 1.82) is 0 Å². The molecule has 3 rings (SSSR count). The van der Waals surface area contributed by atoms with E-state index < -0.39 is 0 Å². The normalized spacial score (nSPS) is 12.9. The zero-order chi connectivity index (χ0) is 20.1. The highest BCUT2D eigenvalue weighted by Gasteiger charge is 2.27. The summed E-state index contributed by atoms with van der Waals surface area (Å²) in [7, 11) is 1.76. The van der Waals surface area contributed by atoms with Crippen molar-refractivity contribution in [3.63, 3.8) is 0 Å². The summed E-state index contributed by atoms with van der Waals surface area (Å²) in [6, 6.07) is 8.86. The molecule has 0 saturated heterocycles. The van der Waals surface area contributed by atoms with Crippen LogP contribution in [0, 0.1) is 0 Å². The molecular weight excluding hydrogens is 358 g/mol. The Morgan fingerprint density at radius 3 is 2.68 bits per heavy atom. The van der Waals surface area contributed by atoms with Crippen LogP contribution in [0.3, 0.4) is 0 Å². The summed E-state index contributed by atoms with van der Waals surface area (Å²) in [6.07, 6.45) is 4.40. The number of Topliss-reactive ketones (excluding diaryl/α,β-unsaturated/α-hetero) is 1. The highest BCUT2D eigenvalue weighted by atomic mass is 16.5. The van der Waals surface area contributed by atoms with Crippen molar-refractivity contribution in [2.75, 3.05) is 31.6 Å². The number of rotatable bonds is 7. The van der Waals surface area contributed by atoms with E-state index in [2.05, 4.69) is 4.98 Å². The first kappa shape index (κ1) is 19.5. The van der Waals surface area contributed by atoms with Gasteiger partial charge in [-0.3, -0.25) is 19.4 Å². The lowest BCUT2D eigenvalue weighted by Crippen LogP contribution is -2.41. The Balaban J connectivity index is 1.62. The molecule has 2 heterocycles. The molecule has 2 amide bonds. The van der Waals surface area contributed by atoms with E-state index in [9.17, 15) is 14.4 Å². The largest absolute Gasteiger partial charge is 0.482 e. The molecule has 0 fully saturated rings. The average Bonchev–Trinajstić information content (AvgIpc) is 2.71. The van der Waals surface area contributed by atoms with E-state index in [4.69, 9.17) is 4.74 Å². The first-order valence-electron chi connectivity index (χ1n) is 9.16. The van der Waals surface area contributed by atoms with Crippen LogP contribution in [0.25, 0.3) is 0 Å². The maximum absolute atomic E-state index is 12.5. The van der Waals surface area contributed by atoms with E-state index in [1.54, 1.807) is 42.5 Å². The quantitative estimate of drug-likeness (QED) is 0.686. The van der Waals surface area contributed by atoms with Crippen LogP contribution >= 0.6 is 0 Å². The predicted molar refractivity (Wildman–Crippen MR) is 104 cm³/mol. The minimum Gasteiger partial charge on any atom is -0.482 e. The zero-order valence-electron chi connectivity index (χ0n) is 16.1. The highest BCUT2D eigenvalue weighted by molar-refractivity contribution is 6.01. The number of pyridine rings is 1. The fourth-order valence-corrected chi connectivity index (χ4v) is 3.04. The molecule has 28 heavy (non-hydrogen) atoms. The van der Waals surface area contributed by atoms with Gasteiger partial charge in [0.2, 0.25) is 5.91 Å². The van der Waals surface area contributed by atoms with Gasteiger partial charge in [0, 0.05) is 44.5 Å². The lowest BCUT2D eigenvalue weighted by molar-refractivity contribution is -0.129. The summed E-state index contributed by atoms with van der Waals surface area (Å²) >= 11 is 0. The van der Waals surface area contributed by atoms with Crippen molar-refractivity contribution in [3.8, 4) is 5.75 Å². The first-order chi connectivity index (χ1) is 13.5. The summed E-state index contributed by atoms with van der Waals surface area (Å²) in [5.74, 6) is 0.189. The predicted octanol–water partition coefficient (Wildman–Crippen LogP) is 2.10. The molecule has 7 heteroatoms. The smallest absolute Gasteiger partial charge is 0.265 e. The van der Waals surface area contributed by atoms with Crippen LogP contribution in [0.1, 0.15) is 29.3 Å². The molecule has 2 aromatic rings. The molecule has 7 nitrogen and oxygen atoms in total. The maximum atomic E-state index is 12.5. The van der Waals surface area contributed by atoms with E-state index in [0.29, 0.717) is 23.5 Å². The number of carbonyl (C=O) groups is 3. The highest BCUT2D eigenvalue weighted by Crippen LogP contribution is 2.33. The fraction of sp³-hybridized carbons (Fsp3) is 0.333. The van der Waals surface area contributed by atoms with Gasteiger partial charge in [-0.2, -0.15) is 0 Å². The molecule has 0 N–H and O–H groups in total. The third kappa shape index (κ3) is 4.54. The van der Waals surface area contributed by atoms with Gasteiger partial charge in [-0.15, -0.1) is 0 Å². The molecule has 0 aliphatic carbocycles. The van der Waals surface area contributed by atoms with Crippen LogP contribution < -0.4 is 9.64 Å². The van der Waals surface area contributed by atoms with Crippen molar-refractivity contribution in [2.24, 2.45) is 0 Å². The molecule has 0 unspecified atom stereocenters. The number of aromatic nitrogens is 1. The van der Waals surface area contributed by atoms with Crippen LogP contribution in [0.15, 0.2) is 42.7 Å². The lowest BCUT2D eigenvalue weighted by atomic mass is 10.1. The van der Waals surface area contributed by atoms with Gasteiger partial charge in [-0.1, -0.05) is 0 Å². The monoisotopic (exact) mass is 381 g/mol. The number of fused-ring (bicyclic) bond motifs is 1. The van der Waals surface area contributed by atoms with Gasteiger partial charge in [0.05, 0.1) is 5.69 Å². The summed E-state index contributed by atoms with van der Waals surface area (Å²) < 4.78 is 5.44. The van der Waals surface area contributed by atoms with Crippen molar-refractivity contribution in [3.05, 3.63) is 53.9 Å². The number of hydrogen-bond donors (Lipinski definition) is 0. The Labute approximate surface area is 163 Å². The number of likely N-dealkylation sites (N-methyl/N-ethyl adjacent to an activating group) is 1.